The summed E-state index contributed by atoms with van der Waals surface area (Å²) in [6, 6.07) is 13.3. The number of hydrogen-bond donors (Lipinski definition) is 6. The predicted octanol–water partition coefficient (Wildman–Crippen LogP) is 4.70. The highest BCUT2D eigenvalue weighted by Gasteiger charge is 2.49. The number of nitrogens with one attached hydrogen (secondary N) is 2. The van der Waals surface area contributed by atoms with Gasteiger partial charge in [-0.25, -0.2) is 0 Å². The van der Waals surface area contributed by atoms with Crippen LogP contribution >= 0.6 is 10.8 Å². The molecule has 0 fully saturated rings. The highest BCUT2D eigenvalue weighted by Crippen LogP contribution is 2.56. The molecule has 0 radical (unpaired) electrons. The number of benzene rings is 2. The van der Waals surface area contributed by atoms with Crippen LogP contribution in [0.2, 0.25) is 0 Å². The molecule has 31 heavy (non-hydrogen) atoms. The van der Waals surface area contributed by atoms with E-state index in [9.17, 15) is 24.2 Å². The molecule has 0 spiro atoms. The maximum atomic E-state index is 13.8. The van der Waals surface area contributed by atoms with Crippen LogP contribution in [0.3, 0.4) is 0 Å². The molecule has 9 heteroatoms. The minimum absolute atomic E-state index is 0.153. The number of carbonyl (C=O) groups excluding carboxylic acids is 1. The van der Waals surface area contributed by atoms with E-state index in [1.54, 1.807) is 42.5 Å². The lowest BCUT2D eigenvalue weighted by Crippen LogP contribution is -2.52. The molecule has 6 N–H and O–H groups in total. The van der Waals surface area contributed by atoms with Crippen molar-refractivity contribution in [3.63, 3.8) is 0 Å². The van der Waals surface area contributed by atoms with Gasteiger partial charge in [0.15, 0.2) is 11.6 Å². The number of aliphatic hydroxyl groups is 1. The first-order chi connectivity index (χ1) is 14.7. The lowest BCUT2D eigenvalue weighted by molar-refractivity contribution is -0.127. The van der Waals surface area contributed by atoms with Crippen molar-refractivity contribution < 1.29 is 24.2 Å². The van der Waals surface area contributed by atoms with Gasteiger partial charge in [-0.3, -0.25) is 13.9 Å². The van der Waals surface area contributed by atoms with Gasteiger partial charge in [0.2, 0.25) is 0 Å². The molecule has 1 aliphatic heterocycles. The Bertz CT molecular complexity index is 1110. The first-order valence-corrected chi connectivity index (χ1v) is 11.5. The van der Waals surface area contributed by atoms with E-state index >= 15 is 0 Å². The van der Waals surface area contributed by atoms with Crippen LogP contribution < -0.4 is 10.8 Å². The topological polar surface area (TPSA) is 134 Å². The molecule has 1 atom stereocenters. The van der Waals surface area contributed by atoms with E-state index in [2.05, 4.69) is 15.2 Å². The SMILES string of the molecule is CC(C)CCC1(NO)C(=O)C(C2=NS(O)(O)c3ccccc3N2)=C(O)c2ccccc21. The van der Waals surface area contributed by atoms with E-state index in [1.165, 1.54) is 6.07 Å². The van der Waals surface area contributed by atoms with E-state index in [4.69, 9.17) is 0 Å². The third kappa shape index (κ3) is 3.44. The molecule has 0 saturated carbocycles. The van der Waals surface area contributed by atoms with Crippen molar-refractivity contribution in [2.75, 3.05) is 5.32 Å². The standard InChI is InChI=1S/C22H25N3O5S/c1-13(2)11-12-22(25-28)15-8-4-3-7-14(15)19(26)18(20(22)27)21-23-16-9-5-6-10-17(16)31(29,30)24-21/h3-10,13,25-26,28-30H,11-12H2,1-2H3,(H,23,24). The molecule has 4 rings (SSSR count). The summed E-state index contributed by atoms with van der Waals surface area (Å²) in [6.45, 7) is 4.02. The Kier molecular flexibility index (Phi) is 5.40. The summed E-state index contributed by atoms with van der Waals surface area (Å²) >= 11 is 0. The van der Waals surface area contributed by atoms with Gasteiger partial charge in [0.25, 0.3) is 0 Å². The molecule has 2 aromatic carbocycles. The summed E-state index contributed by atoms with van der Waals surface area (Å²) < 4.78 is 25.2. The molecule has 0 saturated heterocycles. The van der Waals surface area contributed by atoms with Crippen LogP contribution in [0.4, 0.5) is 5.69 Å². The van der Waals surface area contributed by atoms with E-state index in [1.807, 2.05) is 13.8 Å². The monoisotopic (exact) mass is 443 g/mol. The van der Waals surface area contributed by atoms with Gasteiger partial charge >= 0.3 is 0 Å². The minimum Gasteiger partial charge on any atom is -0.506 e. The highest BCUT2D eigenvalue weighted by molar-refractivity contribution is 8.23. The minimum atomic E-state index is -3.59. The number of hydrogen-bond acceptors (Lipinski definition) is 8. The van der Waals surface area contributed by atoms with Crippen molar-refractivity contribution in [3.05, 3.63) is 65.2 Å². The van der Waals surface area contributed by atoms with Crippen LogP contribution in [0.25, 0.3) is 5.76 Å². The number of anilines is 1. The van der Waals surface area contributed by atoms with Gasteiger partial charge in [-0.2, -0.15) is 5.48 Å². The molecule has 2 aromatic rings. The van der Waals surface area contributed by atoms with Crippen LogP contribution in [0.15, 0.2) is 63.4 Å². The highest BCUT2D eigenvalue weighted by atomic mass is 32.3. The van der Waals surface area contributed by atoms with Crippen molar-refractivity contribution in [3.8, 4) is 0 Å². The molecule has 0 bridgehead atoms. The second-order valence-corrected chi connectivity index (χ2v) is 9.79. The molecular formula is C22H25N3O5S. The van der Waals surface area contributed by atoms with Crippen molar-refractivity contribution in [1.82, 2.24) is 5.48 Å². The molecule has 8 nitrogen and oxygen atoms in total. The number of fused-ring (bicyclic) bond motifs is 2. The number of para-hydroxylation sites is 1. The van der Waals surface area contributed by atoms with Crippen molar-refractivity contribution in [1.29, 1.82) is 0 Å². The Morgan fingerprint density at radius 2 is 1.81 bits per heavy atom. The quantitative estimate of drug-likeness (QED) is 0.369. The molecular weight excluding hydrogens is 418 g/mol. The van der Waals surface area contributed by atoms with Crippen LogP contribution in [-0.2, 0) is 10.3 Å². The predicted molar refractivity (Wildman–Crippen MR) is 120 cm³/mol. The van der Waals surface area contributed by atoms with Gasteiger partial charge < -0.3 is 15.6 Å². The molecule has 1 unspecified atom stereocenters. The number of aliphatic hydroxyl groups excluding tert-OH is 1. The Morgan fingerprint density at radius 1 is 1.13 bits per heavy atom. The largest absolute Gasteiger partial charge is 0.506 e. The molecule has 0 aromatic heterocycles. The Morgan fingerprint density at radius 3 is 2.52 bits per heavy atom. The number of nitrogens with zero attached hydrogens (tertiary/aromatic N) is 1. The number of Topliss-reactive ketones (excluding diaryl/α,β-unsaturated/α-hetero) is 1. The summed E-state index contributed by atoms with van der Waals surface area (Å²) in [5, 5.41) is 24.2. The van der Waals surface area contributed by atoms with Crippen molar-refractivity contribution in [2.24, 2.45) is 10.3 Å². The fraction of sp³-hybridized carbons (Fsp3) is 0.273. The van der Waals surface area contributed by atoms with E-state index in [-0.39, 0.29) is 34.4 Å². The van der Waals surface area contributed by atoms with Gasteiger partial charge in [-0.1, -0.05) is 61.0 Å². The summed E-state index contributed by atoms with van der Waals surface area (Å²) in [5.41, 5.74) is 1.69. The second kappa shape index (κ2) is 7.77. The number of carbonyl (C=O) groups is 1. The second-order valence-electron chi connectivity index (χ2n) is 8.13. The first kappa shape index (κ1) is 21.5. The Balaban J connectivity index is 1.91. The van der Waals surface area contributed by atoms with Gasteiger partial charge in [0.1, 0.15) is 21.8 Å². The molecule has 1 aliphatic carbocycles. The van der Waals surface area contributed by atoms with Crippen molar-refractivity contribution >= 4 is 33.8 Å². The average molecular weight is 444 g/mol. The zero-order valence-corrected chi connectivity index (χ0v) is 18.0. The van der Waals surface area contributed by atoms with Crippen LogP contribution in [0.1, 0.15) is 37.8 Å². The summed E-state index contributed by atoms with van der Waals surface area (Å²) in [5.74, 6) is -0.832. The Labute approximate surface area is 181 Å². The summed E-state index contributed by atoms with van der Waals surface area (Å²) in [4.78, 5) is 14.0. The van der Waals surface area contributed by atoms with Crippen LogP contribution in [-0.4, -0.2) is 31.0 Å². The van der Waals surface area contributed by atoms with Gasteiger partial charge in [-0.15, -0.1) is 4.40 Å². The molecule has 2 aliphatic rings. The average Bonchev–Trinajstić information content (AvgIpc) is 2.74. The first-order valence-electron chi connectivity index (χ1n) is 9.95. The lowest BCUT2D eigenvalue weighted by atomic mass is 9.71. The Hall–Kier alpha value is -2.69. The molecule has 1 heterocycles. The number of amidine groups is 1. The molecule has 164 valence electrons. The van der Waals surface area contributed by atoms with Crippen molar-refractivity contribution in [2.45, 2.75) is 37.1 Å². The fourth-order valence-electron chi connectivity index (χ4n) is 4.02. The van der Waals surface area contributed by atoms with E-state index in [0.717, 1.165) is 0 Å². The van der Waals surface area contributed by atoms with E-state index < -0.39 is 22.1 Å². The third-order valence-electron chi connectivity index (χ3n) is 5.67. The number of hydroxylamine groups is 1. The third-order valence-corrected chi connectivity index (χ3v) is 7.05. The zero-order valence-electron chi connectivity index (χ0n) is 17.2. The number of ketones is 1. The number of rotatable bonds is 5. The summed E-state index contributed by atoms with van der Waals surface area (Å²) in [6.07, 6.45) is 0.896. The summed E-state index contributed by atoms with van der Waals surface area (Å²) in [7, 11) is -3.59. The normalized spacial score (nSPS) is 23.0. The molecule has 0 amide bonds. The van der Waals surface area contributed by atoms with E-state index in [0.29, 0.717) is 23.2 Å². The maximum absolute atomic E-state index is 13.8. The fourth-order valence-corrected chi connectivity index (χ4v) is 5.19. The van der Waals surface area contributed by atoms with Gasteiger partial charge in [-0.05, 0) is 36.5 Å². The zero-order chi connectivity index (χ0) is 22.4. The van der Waals surface area contributed by atoms with Crippen LogP contribution in [0.5, 0.6) is 0 Å². The lowest BCUT2D eigenvalue weighted by Gasteiger charge is -2.39. The van der Waals surface area contributed by atoms with Gasteiger partial charge in [0, 0.05) is 5.56 Å². The van der Waals surface area contributed by atoms with Crippen LogP contribution in [0, 0.1) is 5.92 Å². The van der Waals surface area contributed by atoms with Gasteiger partial charge in [0.05, 0.1) is 5.69 Å². The smallest absolute Gasteiger partial charge is 0.197 e. The maximum Gasteiger partial charge on any atom is 0.197 e.